The topological polar surface area (TPSA) is 35.5 Å². The fraction of sp³-hybridized carbons (Fsp3) is 0.417. The first-order chi connectivity index (χ1) is 6.91. The minimum atomic E-state index is -0.425. The summed E-state index contributed by atoms with van der Waals surface area (Å²) in [6, 6.07) is 0. The molecule has 3 nitrogen and oxygen atoms in total. The highest BCUT2D eigenvalue weighted by atomic mass is 16.5. The quantitative estimate of drug-likeness (QED) is 0.280. The third-order valence-corrected chi connectivity index (χ3v) is 1.65. The van der Waals surface area contributed by atoms with Crippen LogP contribution in [0.1, 0.15) is 13.8 Å². The molecule has 0 atom stereocenters. The predicted molar refractivity (Wildman–Crippen MR) is 60.2 cm³/mol. The molecule has 0 radical (unpaired) electrons. The fourth-order valence-corrected chi connectivity index (χ4v) is 0.714. The van der Waals surface area contributed by atoms with Crippen LogP contribution in [0.2, 0.25) is 0 Å². The Hall–Kier alpha value is -1.51. The van der Waals surface area contributed by atoms with E-state index in [1.54, 1.807) is 0 Å². The molecule has 84 valence electrons. The number of hydrogen-bond donors (Lipinski definition) is 0. The molecule has 0 bridgehead atoms. The molecular weight excluding hydrogens is 192 g/mol. The second kappa shape index (κ2) is 6.06. The lowest BCUT2D eigenvalue weighted by molar-refractivity contribution is -0.141. The first kappa shape index (κ1) is 13.5. The van der Waals surface area contributed by atoms with Crippen molar-refractivity contribution in [1.29, 1.82) is 0 Å². The minimum Gasteiger partial charge on any atom is -0.494 e. The Bertz CT molecular complexity index is 238. The lowest BCUT2D eigenvalue weighted by Crippen LogP contribution is -2.26. The largest absolute Gasteiger partial charge is 0.494 e. The van der Waals surface area contributed by atoms with Crippen LogP contribution in [0.3, 0.4) is 0 Å². The second-order valence-electron chi connectivity index (χ2n) is 3.94. The molecule has 0 aromatic carbocycles. The Morgan fingerprint density at radius 2 is 1.73 bits per heavy atom. The van der Waals surface area contributed by atoms with E-state index in [1.165, 1.54) is 6.08 Å². The van der Waals surface area contributed by atoms with Crippen LogP contribution < -0.4 is 0 Å². The maximum Gasteiger partial charge on any atom is 0.330 e. The Labute approximate surface area is 91.1 Å². The molecule has 0 aliphatic heterocycles. The van der Waals surface area contributed by atoms with Gasteiger partial charge >= 0.3 is 5.97 Å². The fourth-order valence-electron chi connectivity index (χ4n) is 0.714. The van der Waals surface area contributed by atoms with Gasteiger partial charge in [-0.3, -0.25) is 0 Å². The summed E-state index contributed by atoms with van der Waals surface area (Å²) in [7, 11) is 0. The van der Waals surface area contributed by atoms with E-state index >= 15 is 0 Å². The van der Waals surface area contributed by atoms with Gasteiger partial charge in [0.2, 0.25) is 0 Å². The van der Waals surface area contributed by atoms with Crippen molar-refractivity contribution in [2.75, 3.05) is 13.2 Å². The lowest BCUT2D eigenvalue weighted by atomic mass is 9.96. The Morgan fingerprint density at radius 3 is 2.20 bits per heavy atom. The van der Waals surface area contributed by atoms with Gasteiger partial charge in [0.1, 0.15) is 5.76 Å². The van der Waals surface area contributed by atoms with Gasteiger partial charge < -0.3 is 9.47 Å². The van der Waals surface area contributed by atoms with Gasteiger partial charge in [0, 0.05) is 11.5 Å². The third-order valence-electron chi connectivity index (χ3n) is 1.65. The summed E-state index contributed by atoms with van der Waals surface area (Å²) in [5, 5.41) is 0. The van der Waals surface area contributed by atoms with E-state index in [4.69, 9.17) is 9.47 Å². The highest BCUT2D eigenvalue weighted by molar-refractivity contribution is 5.81. The van der Waals surface area contributed by atoms with Gasteiger partial charge in [-0.2, -0.15) is 0 Å². The van der Waals surface area contributed by atoms with E-state index in [9.17, 15) is 4.79 Å². The number of allylic oxidation sites excluding steroid dienone is 1. The van der Waals surface area contributed by atoms with Gasteiger partial charge in [0.05, 0.1) is 13.2 Å². The second-order valence-corrected chi connectivity index (χ2v) is 3.94. The van der Waals surface area contributed by atoms with Crippen LogP contribution in [0.15, 0.2) is 37.6 Å². The van der Waals surface area contributed by atoms with Gasteiger partial charge in [0.25, 0.3) is 0 Å². The van der Waals surface area contributed by atoms with Crippen molar-refractivity contribution >= 4 is 5.97 Å². The van der Waals surface area contributed by atoms with Gasteiger partial charge in [-0.15, -0.1) is 0 Å². The highest BCUT2D eigenvalue weighted by Gasteiger charge is 2.20. The molecule has 0 aromatic heterocycles. The van der Waals surface area contributed by atoms with Gasteiger partial charge in [0.15, 0.2) is 0 Å². The molecular formula is C12H18O3. The predicted octanol–water partition coefficient (Wildman–Crippen LogP) is 2.46. The first-order valence-corrected chi connectivity index (χ1v) is 4.64. The van der Waals surface area contributed by atoms with Gasteiger partial charge in [-0.05, 0) is 6.08 Å². The van der Waals surface area contributed by atoms with Crippen molar-refractivity contribution in [3.8, 4) is 0 Å². The summed E-state index contributed by atoms with van der Waals surface area (Å²) >= 11 is 0. The molecule has 0 heterocycles. The molecule has 3 heteroatoms. The number of esters is 1. The molecule has 0 aliphatic rings. The maximum absolute atomic E-state index is 10.8. The normalized spacial score (nSPS) is 10.3. The molecule has 0 unspecified atom stereocenters. The zero-order valence-electron chi connectivity index (χ0n) is 9.41. The van der Waals surface area contributed by atoms with Crippen molar-refractivity contribution in [1.82, 2.24) is 0 Å². The maximum atomic E-state index is 10.8. The summed E-state index contributed by atoms with van der Waals surface area (Å²) in [5.74, 6) is 0.0868. The molecule has 0 fully saturated rings. The zero-order valence-corrected chi connectivity index (χ0v) is 9.41. The van der Waals surface area contributed by atoms with Crippen LogP contribution in [-0.4, -0.2) is 19.2 Å². The van der Waals surface area contributed by atoms with Crippen LogP contribution in [0.5, 0.6) is 0 Å². The number of ether oxygens (including phenoxy) is 2. The van der Waals surface area contributed by atoms with E-state index in [1.807, 2.05) is 13.8 Å². The molecule has 0 amide bonds. The van der Waals surface area contributed by atoms with Crippen LogP contribution in [0.4, 0.5) is 0 Å². The molecule has 0 aliphatic carbocycles. The van der Waals surface area contributed by atoms with Crippen molar-refractivity contribution in [3.63, 3.8) is 0 Å². The lowest BCUT2D eigenvalue weighted by Gasteiger charge is -2.23. The summed E-state index contributed by atoms with van der Waals surface area (Å²) in [4.78, 5) is 10.8. The molecule has 0 rings (SSSR count). The molecule has 15 heavy (non-hydrogen) atoms. The van der Waals surface area contributed by atoms with Crippen molar-refractivity contribution < 1.29 is 14.3 Å². The molecule has 0 N–H and O–H groups in total. The van der Waals surface area contributed by atoms with Crippen LogP contribution >= 0.6 is 0 Å². The van der Waals surface area contributed by atoms with E-state index in [-0.39, 0.29) is 12.0 Å². The summed E-state index contributed by atoms with van der Waals surface area (Å²) in [6.45, 7) is 15.0. The van der Waals surface area contributed by atoms with Crippen LogP contribution in [-0.2, 0) is 14.3 Å². The summed E-state index contributed by atoms with van der Waals surface area (Å²) in [5.41, 5.74) is -0.259. The van der Waals surface area contributed by atoms with Crippen LogP contribution in [0, 0.1) is 5.41 Å². The van der Waals surface area contributed by atoms with Crippen LogP contribution in [0.25, 0.3) is 0 Å². The number of hydrogen-bond acceptors (Lipinski definition) is 3. The number of rotatable bonds is 7. The van der Waals surface area contributed by atoms with E-state index < -0.39 is 5.97 Å². The minimum absolute atomic E-state index is 0.259. The third kappa shape index (κ3) is 6.55. The Morgan fingerprint density at radius 1 is 1.20 bits per heavy atom. The van der Waals surface area contributed by atoms with Crippen molar-refractivity contribution in [3.05, 3.63) is 37.6 Å². The molecule has 0 saturated heterocycles. The first-order valence-electron chi connectivity index (χ1n) is 4.64. The molecule has 0 spiro atoms. The number of carbonyl (C=O) groups excluding carboxylic acids is 1. The Kier molecular flexibility index (Phi) is 5.45. The smallest absolute Gasteiger partial charge is 0.330 e. The summed E-state index contributed by atoms with van der Waals surface area (Å²) in [6.07, 6.45) is 2.67. The SMILES string of the molecule is C=CC(=C)OCC(C)(C)COC(=O)C=C. The zero-order chi connectivity index (χ0) is 11.9. The number of carbonyl (C=O) groups is 1. The van der Waals surface area contributed by atoms with E-state index in [0.717, 1.165) is 6.08 Å². The van der Waals surface area contributed by atoms with Gasteiger partial charge in [-0.1, -0.05) is 33.6 Å². The van der Waals surface area contributed by atoms with Crippen molar-refractivity contribution in [2.45, 2.75) is 13.8 Å². The summed E-state index contributed by atoms with van der Waals surface area (Å²) < 4.78 is 10.2. The van der Waals surface area contributed by atoms with E-state index in [2.05, 4.69) is 19.7 Å². The molecule has 0 saturated carbocycles. The monoisotopic (exact) mass is 210 g/mol. The van der Waals surface area contributed by atoms with Crippen molar-refractivity contribution in [2.24, 2.45) is 5.41 Å². The van der Waals surface area contributed by atoms with E-state index in [0.29, 0.717) is 12.4 Å². The average molecular weight is 210 g/mol. The molecule has 0 aromatic rings. The van der Waals surface area contributed by atoms with Gasteiger partial charge in [-0.25, -0.2) is 4.79 Å². The highest BCUT2D eigenvalue weighted by Crippen LogP contribution is 2.17. The average Bonchev–Trinajstić information content (AvgIpc) is 2.22. The standard InChI is InChI=1S/C12H18O3/c1-6-10(3)14-8-12(4,5)9-15-11(13)7-2/h6-7H,1-3,8-9H2,4-5H3. The Balaban J connectivity index is 3.95.